The highest BCUT2D eigenvalue weighted by Crippen LogP contribution is 2.39. The first-order valence-electron chi connectivity index (χ1n) is 7.16. The van der Waals surface area contributed by atoms with Crippen molar-refractivity contribution in [2.75, 3.05) is 25.0 Å². The first-order chi connectivity index (χ1) is 8.78. The number of anilines is 1. The lowest BCUT2D eigenvalue weighted by Gasteiger charge is -2.19. The fourth-order valence-electron chi connectivity index (χ4n) is 3.43. The lowest BCUT2D eigenvalue weighted by molar-refractivity contribution is 0.494. The summed E-state index contributed by atoms with van der Waals surface area (Å²) in [6.07, 6.45) is 6.31. The minimum atomic E-state index is 0.379. The molecule has 1 aliphatic carbocycles. The van der Waals surface area contributed by atoms with Gasteiger partial charge in [-0.25, -0.2) is 4.98 Å². The van der Waals surface area contributed by atoms with Crippen molar-refractivity contribution in [3.8, 4) is 0 Å². The Balaban J connectivity index is 1.70. The summed E-state index contributed by atoms with van der Waals surface area (Å²) >= 11 is 0. The average molecular weight is 245 g/mol. The molecular formula is C15H23N3. The molecule has 1 aromatic rings. The molecule has 3 heteroatoms. The highest BCUT2D eigenvalue weighted by atomic mass is 15.2. The van der Waals surface area contributed by atoms with Crippen LogP contribution in [0.15, 0.2) is 18.3 Å². The minimum absolute atomic E-state index is 0.379. The molecule has 3 rings (SSSR count). The van der Waals surface area contributed by atoms with Gasteiger partial charge in [0.1, 0.15) is 5.82 Å². The van der Waals surface area contributed by atoms with Crippen LogP contribution in [0.2, 0.25) is 0 Å². The number of aromatic nitrogens is 1. The predicted octanol–water partition coefficient (Wildman–Crippen LogP) is 2.60. The van der Waals surface area contributed by atoms with Gasteiger partial charge in [-0.05, 0) is 50.3 Å². The Kier molecular flexibility index (Phi) is 3.25. The van der Waals surface area contributed by atoms with Gasteiger partial charge in [0, 0.05) is 25.3 Å². The predicted molar refractivity (Wildman–Crippen MR) is 74.8 cm³/mol. The van der Waals surface area contributed by atoms with Crippen LogP contribution in [-0.2, 0) is 0 Å². The van der Waals surface area contributed by atoms with Crippen molar-refractivity contribution in [3.63, 3.8) is 0 Å². The Morgan fingerprint density at radius 2 is 2.00 bits per heavy atom. The van der Waals surface area contributed by atoms with E-state index in [1.165, 1.54) is 37.9 Å². The number of hydrogen-bond acceptors (Lipinski definition) is 3. The molecule has 0 radical (unpaired) electrons. The largest absolute Gasteiger partial charge is 0.356 e. The maximum Gasteiger partial charge on any atom is 0.128 e. The van der Waals surface area contributed by atoms with Crippen molar-refractivity contribution in [3.05, 3.63) is 23.9 Å². The molecule has 18 heavy (non-hydrogen) atoms. The van der Waals surface area contributed by atoms with E-state index in [-0.39, 0.29) is 0 Å². The third-order valence-corrected chi connectivity index (χ3v) is 4.75. The second-order valence-corrected chi connectivity index (χ2v) is 5.82. The number of pyridine rings is 1. The molecule has 1 N–H and O–H groups in total. The molecule has 3 nitrogen and oxygen atoms in total. The van der Waals surface area contributed by atoms with Gasteiger partial charge in [0.25, 0.3) is 0 Å². The van der Waals surface area contributed by atoms with Gasteiger partial charge in [0.2, 0.25) is 0 Å². The normalized spacial score (nSPS) is 28.4. The number of hydrogen-bond donors (Lipinski definition) is 1. The van der Waals surface area contributed by atoms with Crippen LogP contribution in [0.5, 0.6) is 0 Å². The van der Waals surface area contributed by atoms with Crippen LogP contribution in [0, 0.1) is 11.8 Å². The Hall–Kier alpha value is -1.09. The summed E-state index contributed by atoms with van der Waals surface area (Å²) in [5.74, 6) is 3.03. The van der Waals surface area contributed by atoms with Crippen molar-refractivity contribution in [2.45, 2.75) is 32.2 Å². The first-order valence-corrected chi connectivity index (χ1v) is 7.16. The second kappa shape index (κ2) is 4.88. The molecule has 1 saturated heterocycles. The van der Waals surface area contributed by atoms with Gasteiger partial charge in [-0.3, -0.25) is 0 Å². The van der Waals surface area contributed by atoms with Gasteiger partial charge in [-0.2, -0.15) is 0 Å². The molecular weight excluding hydrogens is 222 g/mol. The zero-order chi connectivity index (χ0) is 12.5. The maximum atomic E-state index is 4.64. The Labute approximate surface area is 110 Å². The molecule has 0 bridgehead atoms. The van der Waals surface area contributed by atoms with Gasteiger partial charge in [0.15, 0.2) is 0 Å². The Morgan fingerprint density at radius 1 is 1.28 bits per heavy atom. The van der Waals surface area contributed by atoms with Gasteiger partial charge in [-0.15, -0.1) is 0 Å². The molecule has 0 aromatic carbocycles. The maximum absolute atomic E-state index is 4.64. The molecule has 2 heterocycles. The molecule has 3 unspecified atom stereocenters. The van der Waals surface area contributed by atoms with Crippen molar-refractivity contribution < 1.29 is 0 Å². The van der Waals surface area contributed by atoms with Crippen LogP contribution < -0.4 is 10.2 Å². The smallest absolute Gasteiger partial charge is 0.128 e. The van der Waals surface area contributed by atoms with Gasteiger partial charge in [-0.1, -0.05) is 12.5 Å². The van der Waals surface area contributed by atoms with E-state index in [4.69, 9.17) is 0 Å². The van der Waals surface area contributed by atoms with Crippen LogP contribution in [0.4, 0.5) is 5.82 Å². The summed E-state index contributed by atoms with van der Waals surface area (Å²) in [7, 11) is 1.99. The Bertz CT molecular complexity index is 389. The van der Waals surface area contributed by atoms with Crippen molar-refractivity contribution in [1.82, 2.24) is 10.3 Å². The highest BCUT2D eigenvalue weighted by Gasteiger charge is 2.36. The second-order valence-electron chi connectivity index (χ2n) is 5.82. The van der Waals surface area contributed by atoms with E-state index in [2.05, 4.69) is 34.3 Å². The average Bonchev–Trinajstić information content (AvgIpc) is 2.99. The van der Waals surface area contributed by atoms with E-state index in [1.54, 1.807) is 0 Å². The standard InChI is InChI=1S/C15H23N3/c1-11(16-2)12-6-7-15(17-8-12)18-9-13-4-3-5-14(13)10-18/h6-8,11,13-14,16H,3-5,9-10H2,1-2H3. The number of fused-ring (bicyclic) bond motifs is 1. The van der Waals surface area contributed by atoms with E-state index >= 15 is 0 Å². The van der Waals surface area contributed by atoms with Gasteiger partial charge < -0.3 is 10.2 Å². The van der Waals surface area contributed by atoms with Gasteiger partial charge >= 0.3 is 0 Å². The number of nitrogens with zero attached hydrogens (tertiary/aromatic N) is 2. The van der Waals surface area contributed by atoms with Crippen molar-refractivity contribution >= 4 is 5.82 Å². The van der Waals surface area contributed by atoms with Crippen LogP contribution in [-0.4, -0.2) is 25.1 Å². The fraction of sp³-hybridized carbons (Fsp3) is 0.667. The molecule has 0 spiro atoms. The van der Waals surface area contributed by atoms with Crippen LogP contribution in [0.25, 0.3) is 0 Å². The molecule has 1 aliphatic heterocycles. The fourth-order valence-corrected chi connectivity index (χ4v) is 3.43. The topological polar surface area (TPSA) is 28.2 Å². The van der Waals surface area contributed by atoms with Crippen molar-refractivity contribution in [2.24, 2.45) is 11.8 Å². The molecule has 98 valence electrons. The number of nitrogens with one attached hydrogen (secondary N) is 1. The van der Waals surface area contributed by atoms with Crippen LogP contribution in [0.1, 0.15) is 37.8 Å². The molecule has 2 aliphatic rings. The zero-order valence-corrected chi connectivity index (χ0v) is 11.4. The van der Waals surface area contributed by atoms with Gasteiger partial charge in [0.05, 0.1) is 0 Å². The third-order valence-electron chi connectivity index (χ3n) is 4.75. The molecule has 2 fully saturated rings. The van der Waals surface area contributed by atoms with E-state index in [1.807, 2.05) is 13.2 Å². The summed E-state index contributed by atoms with van der Waals surface area (Å²) in [6, 6.07) is 4.77. The summed E-state index contributed by atoms with van der Waals surface area (Å²) in [5.41, 5.74) is 1.26. The molecule has 0 amide bonds. The summed E-state index contributed by atoms with van der Waals surface area (Å²) in [5, 5.41) is 3.25. The Morgan fingerprint density at radius 3 is 2.56 bits per heavy atom. The molecule has 1 aromatic heterocycles. The lowest BCUT2D eigenvalue weighted by atomic mass is 10.0. The van der Waals surface area contributed by atoms with E-state index in [9.17, 15) is 0 Å². The summed E-state index contributed by atoms with van der Waals surface area (Å²) in [6.45, 7) is 4.61. The minimum Gasteiger partial charge on any atom is -0.356 e. The molecule has 3 atom stereocenters. The zero-order valence-electron chi connectivity index (χ0n) is 11.4. The first kappa shape index (κ1) is 12.0. The van der Waals surface area contributed by atoms with E-state index in [0.717, 1.165) is 17.7 Å². The van der Waals surface area contributed by atoms with Crippen LogP contribution >= 0.6 is 0 Å². The quantitative estimate of drug-likeness (QED) is 0.887. The van der Waals surface area contributed by atoms with E-state index in [0.29, 0.717) is 6.04 Å². The highest BCUT2D eigenvalue weighted by molar-refractivity contribution is 5.41. The molecule has 1 saturated carbocycles. The third kappa shape index (κ3) is 2.12. The van der Waals surface area contributed by atoms with Crippen LogP contribution in [0.3, 0.4) is 0 Å². The summed E-state index contributed by atoms with van der Waals surface area (Å²) in [4.78, 5) is 7.12. The van der Waals surface area contributed by atoms with E-state index < -0.39 is 0 Å². The van der Waals surface area contributed by atoms with Crippen molar-refractivity contribution in [1.29, 1.82) is 0 Å². The summed E-state index contributed by atoms with van der Waals surface area (Å²) < 4.78 is 0. The monoisotopic (exact) mass is 245 g/mol. The number of rotatable bonds is 3. The SMILES string of the molecule is CNC(C)c1ccc(N2CC3CCCC3C2)nc1. The lowest BCUT2D eigenvalue weighted by Crippen LogP contribution is -2.22.